The van der Waals surface area contributed by atoms with Crippen LogP contribution >= 0.6 is 24.8 Å². The number of halogens is 2. The number of hydrogen-bond donors (Lipinski definition) is 2. The first-order valence-corrected chi connectivity index (χ1v) is 12.8. The molecule has 39 heavy (non-hydrogen) atoms. The molecule has 2 aromatic heterocycles. The van der Waals surface area contributed by atoms with Gasteiger partial charge in [-0.1, -0.05) is 42.5 Å². The van der Waals surface area contributed by atoms with E-state index in [1.807, 2.05) is 48.1 Å². The second-order valence-electron chi connectivity index (χ2n) is 9.38. The number of aryl methyl sites for hydroxylation is 2. The Bertz CT molecular complexity index is 1420. The minimum absolute atomic E-state index is 0. The van der Waals surface area contributed by atoms with Gasteiger partial charge in [0.1, 0.15) is 6.10 Å². The number of nitrogens with zero attached hydrogens (tertiary/aromatic N) is 4. The van der Waals surface area contributed by atoms with Crippen molar-refractivity contribution < 1.29 is 4.74 Å². The molecule has 0 radical (unpaired) electrons. The topological polar surface area (TPSA) is 87.8 Å². The summed E-state index contributed by atoms with van der Waals surface area (Å²) < 4.78 is 8.49. The number of hydrogen-bond acceptors (Lipinski definition) is 6. The van der Waals surface area contributed by atoms with Gasteiger partial charge >= 0.3 is 0 Å². The molecular weight excluding hydrogens is 531 g/mol. The standard InChI is InChI=1S/C30H32N6O.2ClH/c1-4-36-21(3)28(20(2)35-36)25-16-26-30(34-18-25)37-27(19-33-26)29(24-8-6-5-7-9-24)32-15-14-22-10-12-23(17-31)13-11-22;;/h5-13,16,18,27,29,32-33H,4,14-15,19H2,1-3H3;2*1H/t27-,29+;;/m0../s1. The smallest absolute Gasteiger partial charge is 0.237 e. The van der Waals surface area contributed by atoms with Gasteiger partial charge < -0.3 is 15.4 Å². The van der Waals surface area contributed by atoms with Crippen LogP contribution in [0.4, 0.5) is 5.69 Å². The van der Waals surface area contributed by atoms with Crippen molar-refractivity contribution in [2.45, 2.75) is 45.9 Å². The Kier molecular flexibility index (Phi) is 10.4. The maximum absolute atomic E-state index is 9.04. The van der Waals surface area contributed by atoms with E-state index in [9.17, 15) is 0 Å². The third-order valence-corrected chi connectivity index (χ3v) is 6.97. The number of fused-ring (bicyclic) bond motifs is 1. The van der Waals surface area contributed by atoms with E-state index in [4.69, 9.17) is 15.0 Å². The van der Waals surface area contributed by atoms with Crippen LogP contribution in [0.1, 0.15) is 41.0 Å². The van der Waals surface area contributed by atoms with Crippen LogP contribution in [0.25, 0.3) is 11.1 Å². The molecule has 9 heteroatoms. The largest absolute Gasteiger partial charge is 0.469 e. The van der Waals surface area contributed by atoms with Crippen molar-refractivity contribution in [3.63, 3.8) is 0 Å². The molecule has 0 saturated heterocycles. The summed E-state index contributed by atoms with van der Waals surface area (Å²) >= 11 is 0. The van der Waals surface area contributed by atoms with Crippen LogP contribution in [0.5, 0.6) is 5.88 Å². The summed E-state index contributed by atoms with van der Waals surface area (Å²) in [6.45, 7) is 8.53. The molecule has 0 saturated carbocycles. The Balaban J connectivity index is 0.00000210. The Morgan fingerprint density at radius 1 is 1.13 bits per heavy atom. The Morgan fingerprint density at radius 2 is 1.87 bits per heavy atom. The van der Waals surface area contributed by atoms with Crippen LogP contribution in [0.15, 0.2) is 66.9 Å². The highest BCUT2D eigenvalue weighted by molar-refractivity contribution is 5.85. The normalized spacial score (nSPS) is 14.5. The van der Waals surface area contributed by atoms with E-state index in [1.165, 1.54) is 11.1 Å². The highest BCUT2D eigenvalue weighted by atomic mass is 35.5. The second-order valence-corrected chi connectivity index (χ2v) is 9.38. The van der Waals surface area contributed by atoms with Crippen molar-refractivity contribution in [2.24, 2.45) is 0 Å². The van der Waals surface area contributed by atoms with Gasteiger partial charge in [0.15, 0.2) is 0 Å². The first kappa shape index (κ1) is 30.0. The predicted octanol–water partition coefficient (Wildman–Crippen LogP) is 6.04. The third-order valence-electron chi connectivity index (χ3n) is 6.97. The molecule has 2 atom stereocenters. The zero-order valence-corrected chi connectivity index (χ0v) is 24.0. The SMILES string of the molecule is CCn1nc(C)c(-c2cnc3c(c2)NC[C@@H]([C@H](NCCc2ccc(C#N)cc2)c2ccccc2)O3)c1C.Cl.Cl. The third kappa shape index (κ3) is 6.54. The summed E-state index contributed by atoms with van der Waals surface area (Å²) in [7, 11) is 0. The van der Waals surface area contributed by atoms with Gasteiger partial charge in [0.2, 0.25) is 5.88 Å². The fourth-order valence-corrected chi connectivity index (χ4v) is 5.06. The quantitative estimate of drug-likeness (QED) is 0.271. The van der Waals surface area contributed by atoms with Crippen molar-refractivity contribution in [2.75, 3.05) is 18.4 Å². The Labute approximate surface area is 242 Å². The molecule has 204 valence electrons. The number of benzene rings is 2. The van der Waals surface area contributed by atoms with Gasteiger partial charge in [0.25, 0.3) is 0 Å². The van der Waals surface area contributed by atoms with Gasteiger partial charge in [0.05, 0.1) is 35.6 Å². The van der Waals surface area contributed by atoms with E-state index < -0.39 is 0 Å². The van der Waals surface area contributed by atoms with E-state index in [1.54, 1.807) is 0 Å². The number of rotatable bonds is 8. The van der Waals surface area contributed by atoms with Crippen LogP contribution in [0.2, 0.25) is 0 Å². The van der Waals surface area contributed by atoms with Crippen molar-refractivity contribution in [3.05, 3.63) is 94.9 Å². The van der Waals surface area contributed by atoms with Gasteiger partial charge in [-0.05, 0) is 63.1 Å². The average Bonchev–Trinajstić information content (AvgIpc) is 3.24. The molecule has 7 nitrogen and oxygen atoms in total. The molecule has 0 unspecified atom stereocenters. The molecule has 3 heterocycles. The molecule has 0 fully saturated rings. The predicted molar refractivity (Wildman–Crippen MR) is 160 cm³/mol. The van der Waals surface area contributed by atoms with E-state index in [2.05, 4.69) is 66.0 Å². The summed E-state index contributed by atoms with van der Waals surface area (Å²) in [5.74, 6) is 0.619. The molecular formula is C30H34Cl2N6O. The molecule has 2 aromatic carbocycles. The Hall–Kier alpha value is -3.57. The van der Waals surface area contributed by atoms with E-state index in [0.717, 1.165) is 47.7 Å². The molecule has 1 aliphatic heterocycles. The van der Waals surface area contributed by atoms with Crippen LogP contribution in [0, 0.1) is 25.2 Å². The minimum atomic E-state index is -0.125. The van der Waals surface area contributed by atoms with Crippen LogP contribution < -0.4 is 15.4 Å². The first-order valence-electron chi connectivity index (χ1n) is 12.8. The van der Waals surface area contributed by atoms with E-state index >= 15 is 0 Å². The van der Waals surface area contributed by atoms with E-state index in [0.29, 0.717) is 18.0 Å². The summed E-state index contributed by atoms with van der Waals surface area (Å²) in [4.78, 5) is 4.71. The van der Waals surface area contributed by atoms with Gasteiger partial charge in [-0.25, -0.2) is 4.98 Å². The highest BCUT2D eigenvalue weighted by Gasteiger charge is 2.30. The van der Waals surface area contributed by atoms with Gasteiger partial charge in [-0.2, -0.15) is 10.4 Å². The summed E-state index contributed by atoms with van der Waals surface area (Å²) in [6.07, 6.45) is 2.62. The number of aromatic nitrogens is 3. The molecule has 2 N–H and O–H groups in total. The monoisotopic (exact) mass is 564 g/mol. The van der Waals surface area contributed by atoms with Crippen LogP contribution in [0.3, 0.4) is 0 Å². The van der Waals surface area contributed by atoms with Crippen molar-refractivity contribution >= 4 is 30.5 Å². The Morgan fingerprint density at radius 3 is 2.54 bits per heavy atom. The van der Waals surface area contributed by atoms with Crippen LogP contribution in [-0.2, 0) is 13.0 Å². The fourth-order valence-electron chi connectivity index (χ4n) is 5.06. The molecule has 1 aliphatic rings. The summed E-state index contributed by atoms with van der Waals surface area (Å²) in [5.41, 5.74) is 8.28. The number of nitriles is 1. The zero-order chi connectivity index (χ0) is 25.8. The van der Waals surface area contributed by atoms with Gasteiger partial charge in [-0.3, -0.25) is 4.68 Å². The maximum Gasteiger partial charge on any atom is 0.237 e. The van der Waals surface area contributed by atoms with Crippen molar-refractivity contribution in [3.8, 4) is 23.1 Å². The highest BCUT2D eigenvalue weighted by Crippen LogP contribution is 2.36. The van der Waals surface area contributed by atoms with Crippen LogP contribution in [-0.4, -0.2) is 34.0 Å². The summed E-state index contributed by atoms with van der Waals surface area (Å²) in [5, 5.41) is 21.0. The molecule has 0 amide bonds. The lowest BCUT2D eigenvalue weighted by molar-refractivity contribution is 0.150. The fraction of sp³-hybridized carbons (Fsp3) is 0.300. The number of nitrogens with one attached hydrogen (secondary N) is 2. The first-order chi connectivity index (χ1) is 18.1. The number of pyridine rings is 1. The second kappa shape index (κ2) is 13.5. The molecule has 0 spiro atoms. The lowest BCUT2D eigenvalue weighted by atomic mass is 9.99. The number of ether oxygens (including phenoxy) is 1. The minimum Gasteiger partial charge on any atom is -0.469 e. The number of anilines is 1. The summed E-state index contributed by atoms with van der Waals surface area (Å²) in [6, 6.07) is 22.5. The van der Waals surface area contributed by atoms with Gasteiger partial charge in [0, 0.05) is 29.6 Å². The zero-order valence-electron chi connectivity index (χ0n) is 22.3. The van der Waals surface area contributed by atoms with E-state index in [-0.39, 0.29) is 37.0 Å². The maximum atomic E-state index is 9.04. The lowest BCUT2D eigenvalue weighted by Gasteiger charge is -2.33. The lowest BCUT2D eigenvalue weighted by Crippen LogP contribution is -2.43. The molecule has 4 aromatic rings. The molecule has 0 bridgehead atoms. The molecule has 5 rings (SSSR count). The average molecular weight is 566 g/mol. The van der Waals surface area contributed by atoms with Crippen molar-refractivity contribution in [1.29, 1.82) is 5.26 Å². The molecule has 0 aliphatic carbocycles. The van der Waals surface area contributed by atoms with Gasteiger partial charge in [-0.15, -0.1) is 24.8 Å². The van der Waals surface area contributed by atoms with Crippen molar-refractivity contribution in [1.82, 2.24) is 20.1 Å².